The summed E-state index contributed by atoms with van der Waals surface area (Å²) in [5, 5.41) is 7.85. The summed E-state index contributed by atoms with van der Waals surface area (Å²) in [6.45, 7) is 0.980. The average Bonchev–Trinajstić information content (AvgIpc) is 2.49. The zero-order valence-electron chi connectivity index (χ0n) is 8.33. The van der Waals surface area contributed by atoms with E-state index in [0.29, 0.717) is 0 Å². The van der Waals surface area contributed by atoms with Crippen molar-refractivity contribution in [2.24, 2.45) is 0 Å². The van der Waals surface area contributed by atoms with Crippen molar-refractivity contribution in [2.75, 3.05) is 19.3 Å². The highest BCUT2D eigenvalue weighted by Crippen LogP contribution is 2.27. The molecule has 14 heavy (non-hydrogen) atoms. The number of hydrogen-bond acceptors (Lipinski definition) is 3. The normalized spacial score (nSPS) is 22.9. The van der Waals surface area contributed by atoms with Gasteiger partial charge in [-0.2, -0.15) is 0 Å². The maximum Gasteiger partial charge on any atom is 0.0727 e. The summed E-state index contributed by atoms with van der Waals surface area (Å²) in [7, 11) is 2.06. The molecule has 0 saturated carbocycles. The van der Waals surface area contributed by atoms with E-state index in [1.54, 1.807) is 0 Å². The molecule has 0 amide bonds. The second-order valence-corrected chi connectivity index (χ2v) is 3.83. The van der Waals surface area contributed by atoms with Gasteiger partial charge < -0.3 is 11.1 Å². The number of hydrogen-bond donors (Lipinski definition) is 2. The molecule has 1 aromatic rings. The molecule has 1 aliphatic heterocycles. The van der Waals surface area contributed by atoms with Gasteiger partial charge in [-0.25, -0.2) is 0 Å². The molecule has 0 aromatic heterocycles. The fourth-order valence-electron chi connectivity index (χ4n) is 1.96. The minimum atomic E-state index is 0.163. The molecule has 1 aliphatic rings. The Kier molecular flexibility index (Phi) is 2.25. The molecule has 1 fully saturated rings. The molecule has 3 nitrogen and oxygen atoms in total. The minimum absolute atomic E-state index is 0.163. The molecule has 3 heteroatoms. The van der Waals surface area contributed by atoms with E-state index in [9.17, 15) is 0 Å². The number of nitrogens with one attached hydrogen (secondary N) is 1. The van der Waals surface area contributed by atoms with Gasteiger partial charge in [0.05, 0.1) is 6.04 Å². The molecule has 1 aromatic carbocycles. The third-order valence-electron chi connectivity index (χ3n) is 2.76. The number of benzene rings is 1. The first-order chi connectivity index (χ1) is 6.68. The van der Waals surface area contributed by atoms with E-state index in [0.717, 1.165) is 24.4 Å². The molecule has 1 heterocycles. The first kappa shape index (κ1) is 9.21. The Hall–Kier alpha value is -1.35. The Morgan fingerprint density at radius 3 is 2.50 bits per heavy atom. The van der Waals surface area contributed by atoms with E-state index in [2.05, 4.69) is 11.9 Å². The standard InChI is InChI=1S/C11H15N3/c1-14-7-6-10(13)11(14)8-2-4-9(12)5-3-8/h2-5,11,13H,6-7,12H2,1H3. The van der Waals surface area contributed by atoms with Crippen molar-refractivity contribution in [3.05, 3.63) is 29.8 Å². The van der Waals surface area contributed by atoms with Gasteiger partial charge >= 0.3 is 0 Å². The monoisotopic (exact) mass is 189 g/mol. The van der Waals surface area contributed by atoms with Gasteiger partial charge in [0.15, 0.2) is 0 Å². The molecule has 1 atom stereocenters. The van der Waals surface area contributed by atoms with Crippen LogP contribution >= 0.6 is 0 Å². The molecule has 74 valence electrons. The van der Waals surface area contributed by atoms with Gasteiger partial charge in [0, 0.05) is 17.9 Å². The Bertz CT molecular complexity index is 342. The summed E-state index contributed by atoms with van der Waals surface area (Å²) in [6, 6.07) is 7.98. The number of likely N-dealkylation sites (tertiary alicyclic amines) is 1. The number of nitrogen functional groups attached to an aromatic ring is 1. The molecule has 0 aliphatic carbocycles. The minimum Gasteiger partial charge on any atom is -0.399 e. The zero-order valence-corrected chi connectivity index (χ0v) is 8.33. The Morgan fingerprint density at radius 2 is 2.00 bits per heavy atom. The summed E-state index contributed by atoms with van der Waals surface area (Å²) >= 11 is 0. The van der Waals surface area contributed by atoms with Crippen LogP contribution in [0.2, 0.25) is 0 Å². The largest absolute Gasteiger partial charge is 0.399 e. The average molecular weight is 189 g/mol. The van der Waals surface area contributed by atoms with Gasteiger partial charge in [-0.15, -0.1) is 0 Å². The first-order valence-electron chi connectivity index (χ1n) is 4.81. The number of rotatable bonds is 1. The van der Waals surface area contributed by atoms with Crippen molar-refractivity contribution in [1.29, 1.82) is 5.41 Å². The van der Waals surface area contributed by atoms with Crippen LogP contribution < -0.4 is 5.73 Å². The highest BCUT2D eigenvalue weighted by Gasteiger charge is 2.27. The van der Waals surface area contributed by atoms with Gasteiger partial charge in [-0.3, -0.25) is 4.90 Å². The van der Waals surface area contributed by atoms with Gasteiger partial charge in [-0.05, 0) is 31.2 Å². The van der Waals surface area contributed by atoms with E-state index in [-0.39, 0.29) is 6.04 Å². The van der Waals surface area contributed by atoms with Crippen molar-refractivity contribution in [2.45, 2.75) is 12.5 Å². The summed E-state index contributed by atoms with van der Waals surface area (Å²) in [5.74, 6) is 0. The van der Waals surface area contributed by atoms with Crippen molar-refractivity contribution in [3.8, 4) is 0 Å². The second kappa shape index (κ2) is 3.42. The Labute approximate surface area is 84.0 Å². The molecule has 1 saturated heterocycles. The Balaban J connectivity index is 2.30. The molecule has 2 rings (SSSR count). The van der Waals surface area contributed by atoms with Crippen LogP contribution in [0.25, 0.3) is 0 Å². The lowest BCUT2D eigenvalue weighted by Gasteiger charge is -2.19. The number of anilines is 1. The first-order valence-corrected chi connectivity index (χ1v) is 4.81. The molecule has 1 unspecified atom stereocenters. The van der Waals surface area contributed by atoms with E-state index in [4.69, 9.17) is 11.1 Å². The van der Waals surface area contributed by atoms with Gasteiger partial charge in [0.1, 0.15) is 0 Å². The van der Waals surface area contributed by atoms with Crippen LogP contribution in [0.1, 0.15) is 18.0 Å². The summed E-state index contributed by atoms with van der Waals surface area (Å²) in [4.78, 5) is 2.20. The van der Waals surface area contributed by atoms with Gasteiger partial charge in [-0.1, -0.05) is 12.1 Å². The fourth-order valence-corrected chi connectivity index (χ4v) is 1.96. The topological polar surface area (TPSA) is 53.1 Å². The van der Waals surface area contributed by atoms with Crippen LogP contribution in [0.3, 0.4) is 0 Å². The second-order valence-electron chi connectivity index (χ2n) is 3.83. The van der Waals surface area contributed by atoms with Crippen LogP contribution in [0, 0.1) is 5.41 Å². The predicted molar refractivity (Wildman–Crippen MR) is 58.6 cm³/mol. The van der Waals surface area contributed by atoms with Crippen molar-refractivity contribution in [1.82, 2.24) is 4.90 Å². The molecule has 0 bridgehead atoms. The highest BCUT2D eigenvalue weighted by molar-refractivity contribution is 5.89. The molecule has 0 radical (unpaired) electrons. The van der Waals surface area contributed by atoms with Gasteiger partial charge in [0.25, 0.3) is 0 Å². The van der Waals surface area contributed by atoms with Crippen LogP contribution in [-0.4, -0.2) is 24.2 Å². The highest BCUT2D eigenvalue weighted by atomic mass is 15.2. The van der Waals surface area contributed by atoms with E-state index < -0.39 is 0 Å². The summed E-state index contributed by atoms with van der Waals surface area (Å²) < 4.78 is 0. The lowest BCUT2D eigenvalue weighted by atomic mass is 10.0. The van der Waals surface area contributed by atoms with Crippen LogP contribution in [-0.2, 0) is 0 Å². The van der Waals surface area contributed by atoms with E-state index >= 15 is 0 Å². The van der Waals surface area contributed by atoms with Gasteiger partial charge in [0.2, 0.25) is 0 Å². The summed E-state index contributed by atoms with van der Waals surface area (Å²) in [6.07, 6.45) is 0.880. The number of nitrogens with two attached hydrogens (primary N) is 1. The van der Waals surface area contributed by atoms with Crippen LogP contribution in [0.15, 0.2) is 24.3 Å². The third kappa shape index (κ3) is 1.51. The Morgan fingerprint density at radius 1 is 1.36 bits per heavy atom. The molecular formula is C11H15N3. The summed E-state index contributed by atoms with van der Waals surface area (Å²) in [5.41, 5.74) is 8.38. The molecule has 0 spiro atoms. The smallest absolute Gasteiger partial charge is 0.0727 e. The van der Waals surface area contributed by atoms with Crippen molar-refractivity contribution in [3.63, 3.8) is 0 Å². The molecule has 3 N–H and O–H groups in total. The van der Waals surface area contributed by atoms with Crippen molar-refractivity contribution >= 4 is 11.4 Å². The van der Waals surface area contributed by atoms with Crippen molar-refractivity contribution < 1.29 is 0 Å². The zero-order chi connectivity index (χ0) is 10.1. The predicted octanol–water partition coefficient (Wildman–Crippen LogP) is 1.67. The maximum absolute atomic E-state index is 7.85. The van der Waals surface area contributed by atoms with E-state index in [1.165, 1.54) is 5.56 Å². The maximum atomic E-state index is 7.85. The van der Waals surface area contributed by atoms with Crippen LogP contribution in [0.5, 0.6) is 0 Å². The quantitative estimate of drug-likeness (QED) is 0.660. The molecular weight excluding hydrogens is 174 g/mol. The SMILES string of the molecule is CN1CCC(=N)C1c1ccc(N)cc1. The van der Waals surface area contributed by atoms with Crippen LogP contribution in [0.4, 0.5) is 5.69 Å². The lowest BCUT2D eigenvalue weighted by Crippen LogP contribution is -2.20. The lowest BCUT2D eigenvalue weighted by molar-refractivity contribution is 0.346. The third-order valence-corrected chi connectivity index (χ3v) is 2.76. The fraction of sp³-hybridized carbons (Fsp3) is 0.364. The van der Waals surface area contributed by atoms with E-state index in [1.807, 2.05) is 24.3 Å². The number of nitrogens with zero attached hydrogens (tertiary/aromatic N) is 1.